The van der Waals surface area contributed by atoms with Gasteiger partial charge in [0.2, 0.25) is 5.91 Å². The third-order valence-corrected chi connectivity index (χ3v) is 6.32. The molecule has 1 aliphatic carbocycles. The molecular formula is C21H23N3O3S. The molecule has 146 valence electrons. The number of hydrogen-bond acceptors (Lipinski definition) is 5. The number of carbonyl (C=O) groups excluding carboxylic acids is 2. The topological polar surface area (TPSA) is 90.5 Å². The molecule has 2 aliphatic rings. The molecule has 1 saturated heterocycles. The summed E-state index contributed by atoms with van der Waals surface area (Å²) in [5, 5.41) is 19.4. The summed E-state index contributed by atoms with van der Waals surface area (Å²) < 4.78 is 0. The number of phenolic OH excluding ortho intramolecular Hbond substituents is 1. The van der Waals surface area contributed by atoms with E-state index in [1.54, 1.807) is 30.3 Å². The summed E-state index contributed by atoms with van der Waals surface area (Å²) in [5.41, 5.74) is 1.26. The van der Waals surface area contributed by atoms with Crippen molar-refractivity contribution >= 4 is 29.3 Å². The van der Waals surface area contributed by atoms with E-state index in [9.17, 15) is 14.7 Å². The predicted octanol–water partition coefficient (Wildman–Crippen LogP) is 2.98. The molecule has 2 aromatic carbocycles. The first-order chi connectivity index (χ1) is 13.5. The molecule has 6 nitrogen and oxygen atoms in total. The van der Waals surface area contributed by atoms with Crippen molar-refractivity contribution in [1.82, 2.24) is 10.6 Å². The van der Waals surface area contributed by atoms with Crippen LogP contribution in [-0.2, 0) is 4.79 Å². The van der Waals surface area contributed by atoms with Crippen LogP contribution in [0.4, 0.5) is 5.69 Å². The summed E-state index contributed by atoms with van der Waals surface area (Å²) >= 11 is 1.38. The minimum atomic E-state index is -0.164. The predicted molar refractivity (Wildman–Crippen MR) is 109 cm³/mol. The lowest BCUT2D eigenvalue weighted by Crippen LogP contribution is -2.47. The number of nitrogens with one attached hydrogen (secondary N) is 3. The highest BCUT2D eigenvalue weighted by Gasteiger charge is 2.39. The van der Waals surface area contributed by atoms with Crippen LogP contribution in [-0.4, -0.2) is 35.5 Å². The van der Waals surface area contributed by atoms with E-state index in [1.165, 1.54) is 18.7 Å². The third-order valence-electron chi connectivity index (χ3n) is 5.27. The van der Waals surface area contributed by atoms with Crippen LogP contribution in [0.15, 0.2) is 52.3 Å². The van der Waals surface area contributed by atoms with Gasteiger partial charge < -0.3 is 21.1 Å². The lowest BCUT2D eigenvalue weighted by Gasteiger charge is -2.24. The Morgan fingerprint density at radius 2 is 1.93 bits per heavy atom. The minimum Gasteiger partial charge on any atom is -0.507 e. The number of piperidine rings is 1. The molecule has 3 unspecified atom stereocenters. The van der Waals surface area contributed by atoms with Crippen LogP contribution in [0.25, 0.3) is 0 Å². The highest BCUT2D eigenvalue weighted by Crippen LogP contribution is 2.36. The molecule has 4 rings (SSSR count). The quantitative estimate of drug-likeness (QED) is 0.583. The first-order valence-electron chi connectivity index (χ1n) is 9.40. The number of anilines is 1. The van der Waals surface area contributed by atoms with Gasteiger partial charge in [0.05, 0.1) is 4.90 Å². The fourth-order valence-electron chi connectivity index (χ4n) is 3.94. The zero-order valence-electron chi connectivity index (χ0n) is 15.6. The van der Waals surface area contributed by atoms with Gasteiger partial charge in [-0.1, -0.05) is 11.8 Å². The summed E-state index contributed by atoms with van der Waals surface area (Å²) in [5.74, 6) is 0.619. The summed E-state index contributed by atoms with van der Waals surface area (Å²) in [7, 11) is 0. The van der Waals surface area contributed by atoms with Gasteiger partial charge in [0.1, 0.15) is 5.75 Å². The molecule has 0 aromatic heterocycles. The Labute approximate surface area is 168 Å². The molecule has 1 aliphatic heterocycles. The second-order valence-corrected chi connectivity index (χ2v) is 8.54. The van der Waals surface area contributed by atoms with Crippen LogP contribution in [0.3, 0.4) is 0 Å². The lowest BCUT2D eigenvalue weighted by molar-refractivity contribution is -0.114. The van der Waals surface area contributed by atoms with Gasteiger partial charge in [-0.15, -0.1) is 0 Å². The minimum absolute atomic E-state index is 0.0496. The molecule has 4 N–H and O–H groups in total. The van der Waals surface area contributed by atoms with Gasteiger partial charge >= 0.3 is 0 Å². The normalized spacial score (nSPS) is 22.8. The molecular weight excluding hydrogens is 374 g/mol. The Balaban J connectivity index is 1.40. The van der Waals surface area contributed by atoms with Crippen molar-refractivity contribution in [1.29, 1.82) is 0 Å². The first kappa shape index (κ1) is 18.8. The maximum absolute atomic E-state index is 12.5. The standard InChI is InChI=1S/C21H23N3O3S/c1-12(25)23-15-4-7-19(26)20(10-15)28-16-5-2-14(3-6-16)21(27)24-18-9-13-8-17(18)22-11-13/h2-7,10,13,17-18,22,26H,8-9,11H2,1H3,(H,23,25)(H,24,27). The zero-order valence-corrected chi connectivity index (χ0v) is 16.4. The molecule has 2 aromatic rings. The summed E-state index contributed by atoms with van der Waals surface area (Å²) in [6.07, 6.45) is 2.21. The highest BCUT2D eigenvalue weighted by molar-refractivity contribution is 7.99. The average molecular weight is 398 g/mol. The van der Waals surface area contributed by atoms with E-state index in [0.717, 1.165) is 24.3 Å². The second kappa shape index (κ2) is 7.85. The average Bonchev–Trinajstić information content (AvgIpc) is 3.28. The van der Waals surface area contributed by atoms with E-state index in [-0.39, 0.29) is 23.6 Å². The molecule has 2 fully saturated rings. The van der Waals surface area contributed by atoms with Crippen LogP contribution in [0.5, 0.6) is 5.75 Å². The number of benzene rings is 2. The fraction of sp³-hybridized carbons (Fsp3) is 0.333. The molecule has 28 heavy (non-hydrogen) atoms. The van der Waals surface area contributed by atoms with Crippen LogP contribution >= 0.6 is 11.8 Å². The molecule has 3 atom stereocenters. The SMILES string of the molecule is CC(=O)Nc1ccc(O)c(Sc2ccc(C(=O)NC3CC4CNC3C4)cc2)c1. The maximum atomic E-state index is 12.5. The Bertz CT molecular complexity index is 900. The fourth-order valence-corrected chi connectivity index (χ4v) is 4.83. The van der Waals surface area contributed by atoms with Gasteiger partial charge in [-0.25, -0.2) is 0 Å². The van der Waals surface area contributed by atoms with Crippen LogP contribution in [0.1, 0.15) is 30.1 Å². The monoisotopic (exact) mass is 397 g/mol. The van der Waals surface area contributed by atoms with E-state index in [1.807, 2.05) is 12.1 Å². The van der Waals surface area contributed by atoms with Gasteiger partial charge in [0.15, 0.2) is 0 Å². The van der Waals surface area contributed by atoms with Crippen molar-refractivity contribution in [2.75, 3.05) is 11.9 Å². The van der Waals surface area contributed by atoms with Gasteiger partial charge in [-0.05, 0) is 67.8 Å². The highest BCUT2D eigenvalue weighted by atomic mass is 32.2. The Morgan fingerprint density at radius 1 is 1.14 bits per heavy atom. The number of amides is 2. The van der Waals surface area contributed by atoms with Crippen LogP contribution in [0.2, 0.25) is 0 Å². The van der Waals surface area contributed by atoms with Crippen molar-refractivity contribution in [2.45, 2.75) is 41.6 Å². The van der Waals surface area contributed by atoms with Crippen molar-refractivity contribution < 1.29 is 14.7 Å². The summed E-state index contributed by atoms with van der Waals surface area (Å²) in [4.78, 5) is 25.3. The van der Waals surface area contributed by atoms with E-state index in [0.29, 0.717) is 28.1 Å². The van der Waals surface area contributed by atoms with E-state index < -0.39 is 0 Å². The summed E-state index contributed by atoms with van der Waals surface area (Å²) in [6, 6.07) is 12.9. The Hall–Kier alpha value is -2.51. The van der Waals surface area contributed by atoms with Crippen molar-refractivity contribution in [3.63, 3.8) is 0 Å². The molecule has 1 saturated carbocycles. The Morgan fingerprint density at radius 3 is 2.57 bits per heavy atom. The number of rotatable bonds is 5. The molecule has 0 spiro atoms. The van der Waals surface area contributed by atoms with E-state index >= 15 is 0 Å². The van der Waals surface area contributed by atoms with Crippen molar-refractivity contribution in [3.8, 4) is 5.75 Å². The summed E-state index contributed by atoms with van der Waals surface area (Å²) in [6.45, 7) is 2.51. The Kier molecular flexibility index (Phi) is 5.28. The lowest BCUT2D eigenvalue weighted by atomic mass is 10.1. The van der Waals surface area contributed by atoms with E-state index in [4.69, 9.17) is 0 Å². The van der Waals surface area contributed by atoms with Gasteiger partial charge in [-0.2, -0.15) is 0 Å². The van der Waals surface area contributed by atoms with Gasteiger partial charge in [0, 0.05) is 35.2 Å². The molecule has 1 heterocycles. The molecule has 7 heteroatoms. The zero-order chi connectivity index (χ0) is 19.7. The number of phenols is 1. The molecule has 2 amide bonds. The smallest absolute Gasteiger partial charge is 0.251 e. The second-order valence-electron chi connectivity index (χ2n) is 7.42. The van der Waals surface area contributed by atoms with Crippen LogP contribution in [0, 0.1) is 5.92 Å². The van der Waals surface area contributed by atoms with E-state index in [2.05, 4.69) is 16.0 Å². The molecule has 0 radical (unpaired) electrons. The third kappa shape index (κ3) is 4.15. The van der Waals surface area contributed by atoms with Crippen molar-refractivity contribution in [2.24, 2.45) is 5.92 Å². The first-order valence-corrected chi connectivity index (χ1v) is 10.2. The number of hydrogen-bond donors (Lipinski definition) is 4. The maximum Gasteiger partial charge on any atom is 0.251 e. The largest absolute Gasteiger partial charge is 0.507 e. The van der Waals surface area contributed by atoms with Gasteiger partial charge in [-0.3, -0.25) is 9.59 Å². The van der Waals surface area contributed by atoms with Crippen LogP contribution < -0.4 is 16.0 Å². The van der Waals surface area contributed by atoms with Crippen molar-refractivity contribution in [3.05, 3.63) is 48.0 Å². The number of carbonyl (C=O) groups is 2. The van der Waals surface area contributed by atoms with Gasteiger partial charge in [0.25, 0.3) is 5.91 Å². The number of aromatic hydroxyl groups is 1. The molecule has 2 bridgehead atoms. The number of fused-ring (bicyclic) bond motifs is 2.